The topological polar surface area (TPSA) is 33.1 Å². The molecule has 21 heavy (non-hydrogen) atoms. The average molecular weight is 295 g/mol. The summed E-state index contributed by atoms with van der Waals surface area (Å²) in [5.41, 5.74) is 2.35. The number of rotatable bonds is 2. The summed E-state index contributed by atoms with van der Waals surface area (Å²) in [7, 11) is 0. The molecular formula is C18H17NOS. The quantitative estimate of drug-likeness (QED) is 0.766. The molecule has 3 aromatic rings. The minimum atomic E-state index is -0.570. The van der Waals surface area contributed by atoms with E-state index in [-0.39, 0.29) is 0 Å². The van der Waals surface area contributed by atoms with E-state index in [4.69, 9.17) is 0 Å². The van der Waals surface area contributed by atoms with Crippen LogP contribution in [0.15, 0.2) is 42.7 Å². The number of fused-ring (bicyclic) bond motifs is 2. The zero-order valence-corrected chi connectivity index (χ0v) is 12.6. The van der Waals surface area contributed by atoms with Crippen LogP contribution in [0, 0.1) is 0 Å². The summed E-state index contributed by atoms with van der Waals surface area (Å²) in [5.74, 6) is 0. The fourth-order valence-corrected chi connectivity index (χ4v) is 4.42. The van der Waals surface area contributed by atoms with Crippen molar-refractivity contribution in [2.75, 3.05) is 0 Å². The van der Waals surface area contributed by atoms with Gasteiger partial charge in [-0.2, -0.15) is 0 Å². The van der Waals surface area contributed by atoms with Crippen molar-refractivity contribution in [2.45, 2.75) is 31.8 Å². The van der Waals surface area contributed by atoms with Gasteiger partial charge in [0, 0.05) is 33.1 Å². The fraction of sp³-hybridized carbons (Fsp3) is 0.278. The molecule has 0 amide bonds. The summed E-state index contributed by atoms with van der Waals surface area (Å²) in [6.45, 7) is 0. The molecule has 2 aromatic heterocycles. The van der Waals surface area contributed by atoms with Crippen LogP contribution in [-0.2, 0) is 12.8 Å². The lowest BCUT2D eigenvalue weighted by atomic mass is 9.97. The van der Waals surface area contributed by atoms with Crippen molar-refractivity contribution in [3.05, 3.63) is 63.6 Å². The van der Waals surface area contributed by atoms with Gasteiger partial charge in [-0.05, 0) is 42.7 Å². The van der Waals surface area contributed by atoms with Crippen LogP contribution in [0.5, 0.6) is 0 Å². The van der Waals surface area contributed by atoms with Crippen molar-refractivity contribution >= 4 is 22.1 Å². The highest BCUT2D eigenvalue weighted by atomic mass is 32.1. The second kappa shape index (κ2) is 5.24. The van der Waals surface area contributed by atoms with E-state index in [1.807, 2.05) is 24.4 Å². The number of nitrogens with zero attached hydrogens (tertiary/aromatic N) is 1. The van der Waals surface area contributed by atoms with E-state index in [1.54, 1.807) is 17.5 Å². The van der Waals surface area contributed by atoms with E-state index >= 15 is 0 Å². The highest BCUT2D eigenvalue weighted by Gasteiger charge is 2.20. The van der Waals surface area contributed by atoms with Crippen molar-refractivity contribution in [1.82, 2.24) is 4.98 Å². The first-order chi connectivity index (χ1) is 10.3. The number of thiophene rings is 1. The smallest absolute Gasteiger partial charge is 0.115 e. The molecule has 2 heterocycles. The maximum atomic E-state index is 10.8. The molecule has 1 N–H and O–H groups in total. The van der Waals surface area contributed by atoms with Gasteiger partial charge in [-0.15, -0.1) is 11.3 Å². The zero-order valence-electron chi connectivity index (χ0n) is 11.7. The Balaban J connectivity index is 1.79. The van der Waals surface area contributed by atoms with Crippen molar-refractivity contribution in [2.24, 2.45) is 0 Å². The molecule has 0 saturated carbocycles. The Bertz CT molecular complexity index is 764. The van der Waals surface area contributed by atoms with Crippen LogP contribution in [0.2, 0.25) is 0 Å². The number of aliphatic hydroxyl groups is 1. The molecule has 0 radical (unpaired) electrons. The van der Waals surface area contributed by atoms with Crippen molar-refractivity contribution in [3.63, 3.8) is 0 Å². The summed E-state index contributed by atoms with van der Waals surface area (Å²) in [6.07, 6.45) is 7.96. The maximum Gasteiger partial charge on any atom is 0.115 e. The monoisotopic (exact) mass is 295 g/mol. The van der Waals surface area contributed by atoms with E-state index < -0.39 is 6.10 Å². The zero-order chi connectivity index (χ0) is 14.2. The molecule has 1 aliphatic carbocycles. The van der Waals surface area contributed by atoms with Gasteiger partial charge in [-0.3, -0.25) is 4.98 Å². The third-order valence-corrected chi connectivity index (χ3v) is 5.57. The first-order valence-corrected chi connectivity index (χ1v) is 8.27. The molecule has 0 saturated heterocycles. The number of hydrogen-bond acceptors (Lipinski definition) is 3. The fourth-order valence-electron chi connectivity index (χ4n) is 3.16. The largest absolute Gasteiger partial charge is 0.383 e. The SMILES string of the molecule is OC(c1cc2c(s1)CCCC2)c1cncc2ccccc12. The minimum Gasteiger partial charge on any atom is -0.383 e. The number of aliphatic hydroxyl groups excluding tert-OH is 1. The Morgan fingerprint density at radius 3 is 2.86 bits per heavy atom. The highest BCUT2D eigenvalue weighted by Crippen LogP contribution is 2.36. The first kappa shape index (κ1) is 13.0. The summed E-state index contributed by atoms with van der Waals surface area (Å²) in [5, 5.41) is 13.0. The van der Waals surface area contributed by atoms with Gasteiger partial charge in [-0.1, -0.05) is 24.3 Å². The Kier molecular flexibility index (Phi) is 3.24. The molecule has 0 spiro atoms. The molecule has 0 aliphatic heterocycles. The van der Waals surface area contributed by atoms with Gasteiger partial charge in [-0.25, -0.2) is 0 Å². The van der Waals surface area contributed by atoms with Crippen LogP contribution in [0.4, 0.5) is 0 Å². The van der Waals surface area contributed by atoms with Gasteiger partial charge >= 0.3 is 0 Å². The van der Waals surface area contributed by atoms with Crippen LogP contribution in [-0.4, -0.2) is 10.1 Å². The van der Waals surface area contributed by atoms with Crippen LogP contribution in [0.25, 0.3) is 10.8 Å². The number of aryl methyl sites for hydroxylation is 2. The van der Waals surface area contributed by atoms with Gasteiger partial charge < -0.3 is 5.11 Å². The van der Waals surface area contributed by atoms with E-state index in [0.29, 0.717) is 0 Å². The Labute approximate surface area is 128 Å². The lowest BCUT2D eigenvalue weighted by molar-refractivity contribution is 0.225. The Hall–Kier alpha value is -1.71. The molecule has 1 unspecified atom stereocenters. The van der Waals surface area contributed by atoms with E-state index in [2.05, 4.69) is 17.1 Å². The molecule has 3 heteroatoms. The Morgan fingerprint density at radius 2 is 1.95 bits per heavy atom. The minimum absolute atomic E-state index is 0.570. The molecule has 1 aliphatic rings. The van der Waals surface area contributed by atoms with Crippen LogP contribution >= 0.6 is 11.3 Å². The third-order valence-electron chi connectivity index (χ3n) is 4.28. The van der Waals surface area contributed by atoms with Gasteiger partial charge in [0.15, 0.2) is 0 Å². The number of pyridine rings is 1. The molecule has 1 atom stereocenters. The number of hydrogen-bond donors (Lipinski definition) is 1. The lowest BCUT2D eigenvalue weighted by Gasteiger charge is -2.11. The lowest BCUT2D eigenvalue weighted by Crippen LogP contribution is -1.99. The van der Waals surface area contributed by atoms with Crippen LogP contribution < -0.4 is 0 Å². The van der Waals surface area contributed by atoms with Gasteiger partial charge in [0.05, 0.1) is 0 Å². The number of aromatic nitrogens is 1. The third kappa shape index (κ3) is 2.27. The van der Waals surface area contributed by atoms with Crippen molar-refractivity contribution < 1.29 is 5.11 Å². The summed E-state index contributed by atoms with van der Waals surface area (Å²) in [6, 6.07) is 10.3. The average Bonchev–Trinajstić information content (AvgIpc) is 2.97. The molecule has 4 rings (SSSR count). The molecule has 2 nitrogen and oxygen atoms in total. The van der Waals surface area contributed by atoms with Crippen molar-refractivity contribution in [1.29, 1.82) is 0 Å². The standard InChI is InChI=1S/C18H17NOS/c20-18(17-9-12-5-2-4-8-16(12)21-17)15-11-19-10-13-6-1-3-7-14(13)15/h1,3,6-7,9-11,18,20H,2,4-5,8H2. The molecule has 0 fully saturated rings. The maximum absolute atomic E-state index is 10.8. The first-order valence-electron chi connectivity index (χ1n) is 7.45. The second-order valence-electron chi connectivity index (χ2n) is 5.66. The summed E-state index contributed by atoms with van der Waals surface area (Å²) >= 11 is 1.77. The summed E-state index contributed by atoms with van der Waals surface area (Å²) < 4.78 is 0. The summed E-state index contributed by atoms with van der Waals surface area (Å²) in [4.78, 5) is 6.80. The van der Waals surface area contributed by atoms with Crippen LogP contribution in [0.3, 0.4) is 0 Å². The molecule has 0 bridgehead atoms. The second-order valence-corrected chi connectivity index (χ2v) is 6.83. The number of benzene rings is 1. The van der Waals surface area contributed by atoms with E-state index in [0.717, 1.165) is 27.6 Å². The van der Waals surface area contributed by atoms with Crippen molar-refractivity contribution in [3.8, 4) is 0 Å². The predicted molar refractivity (Wildman–Crippen MR) is 86.8 cm³/mol. The highest BCUT2D eigenvalue weighted by molar-refractivity contribution is 7.12. The molecule has 1 aromatic carbocycles. The van der Waals surface area contributed by atoms with E-state index in [9.17, 15) is 5.11 Å². The predicted octanol–water partition coefficient (Wildman–Crippen LogP) is 4.26. The Morgan fingerprint density at radius 1 is 1.10 bits per heavy atom. The molecule has 106 valence electrons. The van der Waals surface area contributed by atoms with E-state index in [1.165, 1.54) is 29.7 Å². The van der Waals surface area contributed by atoms with Gasteiger partial charge in [0.2, 0.25) is 0 Å². The van der Waals surface area contributed by atoms with Gasteiger partial charge in [0.1, 0.15) is 6.10 Å². The van der Waals surface area contributed by atoms with Gasteiger partial charge in [0.25, 0.3) is 0 Å². The normalized spacial score (nSPS) is 15.9. The van der Waals surface area contributed by atoms with Crippen LogP contribution in [0.1, 0.15) is 39.8 Å². The molecular weight excluding hydrogens is 278 g/mol.